The van der Waals surface area contributed by atoms with Crippen molar-refractivity contribution < 1.29 is 4.79 Å². The minimum Gasteiger partial charge on any atom is -0.352 e. The number of carbonyl (C=O) groups is 1. The number of piperidine rings is 1. The Morgan fingerprint density at radius 3 is 2.40 bits per heavy atom. The van der Waals surface area contributed by atoms with E-state index in [2.05, 4.69) is 22.2 Å². The normalized spacial score (nSPS) is 26.2. The van der Waals surface area contributed by atoms with Gasteiger partial charge in [-0.05, 0) is 19.9 Å². The number of carbonyl (C=O) groups excluding carboxylic acids is 1. The Morgan fingerprint density at radius 1 is 1.33 bits per heavy atom. The van der Waals surface area contributed by atoms with Crippen molar-refractivity contribution >= 4 is 6.03 Å². The molecule has 2 aliphatic rings. The van der Waals surface area contributed by atoms with Crippen LogP contribution in [0.4, 0.5) is 4.79 Å². The summed E-state index contributed by atoms with van der Waals surface area (Å²) in [5.41, 5.74) is 5.10. The molecule has 0 radical (unpaired) electrons. The number of amides is 2. The van der Waals surface area contributed by atoms with Crippen molar-refractivity contribution in [2.45, 2.75) is 24.9 Å². The van der Waals surface area contributed by atoms with Crippen molar-refractivity contribution in [2.24, 2.45) is 5.73 Å². The van der Waals surface area contributed by atoms with Crippen molar-refractivity contribution in [3.05, 3.63) is 0 Å². The molecule has 3 N–H and O–H groups in total. The molecule has 5 nitrogen and oxygen atoms in total. The van der Waals surface area contributed by atoms with Gasteiger partial charge < -0.3 is 16.0 Å². The maximum atomic E-state index is 10.7. The van der Waals surface area contributed by atoms with E-state index in [0.717, 1.165) is 32.0 Å². The molecule has 2 aliphatic heterocycles. The maximum Gasteiger partial charge on any atom is 0.312 e. The molecule has 0 aliphatic carbocycles. The summed E-state index contributed by atoms with van der Waals surface area (Å²) in [5.74, 6) is 0. The van der Waals surface area contributed by atoms with Crippen molar-refractivity contribution in [1.82, 2.24) is 15.1 Å². The maximum absolute atomic E-state index is 10.7. The Morgan fingerprint density at radius 2 is 1.93 bits per heavy atom. The quantitative estimate of drug-likeness (QED) is 0.644. The van der Waals surface area contributed by atoms with Gasteiger partial charge in [-0.2, -0.15) is 0 Å². The number of likely N-dealkylation sites (tertiary alicyclic amines) is 2. The van der Waals surface area contributed by atoms with Crippen LogP contribution in [-0.2, 0) is 0 Å². The largest absolute Gasteiger partial charge is 0.352 e. The van der Waals surface area contributed by atoms with Crippen molar-refractivity contribution in [1.29, 1.82) is 0 Å². The van der Waals surface area contributed by atoms with E-state index in [9.17, 15) is 4.79 Å². The lowest BCUT2D eigenvalue weighted by molar-refractivity contribution is 0.0349. The number of nitrogens with two attached hydrogens (primary N) is 1. The fourth-order valence-electron chi connectivity index (χ4n) is 2.51. The molecule has 0 bridgehead atoms. The lowest BCUT2D eigenvalue weighted by Crippen LogP contribution is -2.60. The Balaban J connectivity index is 1.70. The van der Waals surface area contributed by atoms with Crippen LogP contribution >= 0.6 is 0 Å². The Hall–Kier alpha value is -0.810. The fourth-order valence-corrected chi connectivity index (χ4v) is 2.51. The van der Waals surface area contributed by atoms with Crippen molar-refractivity contribution in [3.63, 3.8) is 0 Å². The number of primary amides is 1. The number of likely N-dealkylation sites (N-methyl/N-ethyl adjacent to an activating group) is 1. The van der Waals surface area contributed by atoms with Crippen LogP contribution in [0.3, 0.4) is 0 Å². The molecule has 2 heterocycles. The molecule has 0 unspecified atom stereocenters. The molecule has 0 aromatic carbocycles. The summed E-state index contributed by atoms with van der Waals surface area (Å²) in [5, 5.41) is 2.79. The van der Waals surface area contributed by atoms with Crippen LogP contribution in [0.5, 0.6) is 0 Å². The average Bonchev–Trinajstić information content (AvgIpc) is 2.14. The second kappa shape index (κ2) is 4.37. The van der Waals surface area contributed by atoms with E-state index in [4.69, 9.17) is 5.73 Å². The van der Waals surface area contributed by atoms with E-state index in [1.165, 1.54) is 13.1 Å². The molecule has 0 spiro atoms. The number of nitrogens with zero attached hydrogens (tertiary/aromatic N) is 2. The van der Waals surface area contributed by atoms with E-state index in [-0.39, 0.29) is 6.04 Å². The molecule has 2 saturated heterocycles. The van der Waals surface area contributed by atoms with Gasteiger partial charge in [-0.25, -0.2) is 4.79 Å². The minimum absolute atomic E-state index is 0.288. The summed E-state index contributed by atoms with van der Waals surface area (Å²) >= 11 is 0. The molecular formula is C10H20N4O. The summed E-state index contributed by atoms with van der Waals surface area (Å²) in [4.78, 5) is 15.5. The Bertz CT molecular complexity index is 232. The smallest absolute Gasteiger partial charge is 0.312 e. The molecule has 0 aromatic rings. The standard InChI is InChI=1S/C10H20N4O/c1-13-6-9(7-13)14-4-2-8(3-5-14)12-10(11)15/h8-9H,2-7H2,1H3,(H3,11,12,15). The van der Waals surface area contributed by atoms with E-state index in [1.807, 2.05) is 0 Å². The number of hydrogen-bond donors (Lipinski definition) is 2. The number of nitrogens with one attached hydrogen (secondary N) is 1. The first-order valence-electron chi connectivity index (χ1n) is 5.63. The highest BCUT2D eigenvalue weighted by molar-refractivity contribution is 5.71. The zero-order valence-electron chi connectivity index (χ0n) is 9.28. The molecular weight excluding hydrogens is 192 g/mol. The van der Waals surface area contributed by atoms with E-state index in [0.29, 0.717) is 0 Å². The lowest BCUT2D eigenvalue weighted by atomic mass is 10.0. The molecule has 2 rings (SSSR count). The zero-order chi connectivity index (χ0) is 10.8. The van der Waals surface area contributed by atoms with Gasteiger partial charge >= 0.3 is 6.03 Å². The van der Waals surface area contributed by atoms with Crippen LogP contribution in [0.1, 0.15) is 12.8 Å². The predicted molar refractivity (Wildman–Crippen MR) is 58.6 cm³/mol. The molecule has 86 valence electrons. The average molecular weight is 212 g/mol. The van der Waals surface area contributed by atoms with Crippen LogP contribution in [0.25, 0.3) is 0 Å². The fraction of sp³-hybridized carbons (Fsp3) is 0.900. The molecule has 15 heavy (non-hydrogen) atoms. The van der Waals surface area contributed by atoms with E-state index >= 15 is 0 Å². The SMILES string of the molecule is CN1CC(N2CCC(NC(N)=O)CC2)C1. The molecule has 0 atom stereocenters. The van der Waals surface area contributed by atoms with E-state index in [1.54, 1.807) is 0 Å². The number of rotatable bonds is 2. The molecule has 5 heteroatoms. The summed E-state index contributed by atoms with van der Waals surface area (Å²) in [6.45, 7) is 4.55. The molecule has 0 aromatic heterocycles. The van der Waals surface area contributed by atoms with Crippen molar-refractivity contribution in [2.75, 3.05) is 33.2 Å². The highest BCUT2D eigenvalue weighted by Gasteiger charge is 2.31. The van der Waals surface area contributed by atoms with E-state index < -0.39 is 6.03 Å². The van der Waals surface area contributed by atoms with Gasteiger partial charge in [-0.1, -0.05) is 0 Å². The second-order valence-electron chi connectivity index (χ2n) is 4.69. The van der Waals surface area contributed by atoms with Gasteiger partial charge in [0.2, 0.25) is 0 Å². The highest BCUT2D eigenvalue weighted by Crippen LogP contribution is 2.18. The lowest BCUT2D eigenvalue weighted by Gasteiger charge is -2.46. The third-order valence-electron chi connectivity index (χ3n) is 3.44. The van der Waals surface area contributed by atoms with Gasteiger partial charge in [0.05, 0.1) is 0 Å². The summed E-state index contributed by atoms with van der Waals surface area (Å²) in [6.07, 6.45) is 2.06. The van der Waals surface area contributed by atoms with Gasteiger partial charge in [-0.15, -0.1) is 0 Å². The number of hydrogen-bond acceptors (Lipinski definition) is 3. The number of urea groups is 1. The third-order valence-corrected chi connectivity index (χ3v) is 3.44. The van der Waals surface area contributed by atoms with Crippen LogP contribution in [0.15, 0.2) is 0 Å². The minimum atomic E-state index is -0.392. The summed E-state index contributed by atoms with van der Waals surface area (Å²) in [6, 6.07) is 0.637. The van der Waals surface area contributed by atoms with Crippen LogP contribution in [-0.4, -0.2) is 61.1 Å². The summed E-state index contributed by atoms with van der Waals surface area (Å²) in [7, 11) is 2.15. The first-order valence-corrected chi connectivity index (χ1v) is 5.63. The molecule has 2 fully saturated rings. The predicted octanol–water partition coefficient (Wildman–Crippen LogP) is -0.567. The topological polar surface area (TPSA) is 61.6 Å². The molecule has 2 amide bonds. The summed E-state index contributed by atoms with van der Waals surface area (Å²) < 4.78 is 0. The van der Waals surface area contributed by atoms with Gasteiger partial charge in [0, 0.05) is 38.3 Å². The van der Waals surface area contributed by atoms with Crippen molar-refractivity contribution in [3.8, 4) is 0 Å². The van der Waals surface area contributed by atoms with Crippen LogP contribution in [0, 0.1) is 0 Å². The second-order valence-corrected chi connectivity index (χ2v) is 4.69. The van der Waals surface area contributed by atoms with Gasteiger partial charge in [0.1, 0.15) is 0 Å². The van der Waals surface area contributed by atoms with Gasteiger partial charge in [0.15, 0.2) is 0 Å². The highest BCUT2D eigenvalue weighted by atomic mass is 16.2. The first-order chi connectivity index (χ1) is 7.15. The van der Waals surface area contributed by atoms with Gasteiger partial charge in [-0.3, -0.25) is 4.90 Å². The monoisotopic (exact) mass is 212 g/mol. The Kier molecular flexibility index (Phi) is 3.11. The zero-order valence-corrected chi connectivity index (χ0v) is 9.28. The van der Waals surface area contributed by atoms with Gasteiger partial charge in [0.25, 0.3) is 0 Å². The van der Waals surface area contributed by atoms with Crippen LogP contribution in [0.2, 0.25) is 0 Å². The first kappa shape index (κ1) is 10.7. The van der Waals surface area contributed by atoms with Crippen LogP contribution < -0.4 is 11.1 Å². The Labute approximate surface area is 90.6 Å². The molecule has 0 saturated carbocycles. The third kappa shape index (κ3) is 2.60.